The summed E-state index contributed by atoms with van der Waals surface area (Å²) in [5.41, 5.74) is -0.612. The van der Waals surface area contributed by atoms with Crippen LogP contribution in [0.3, 0.4) is 0 Å². The van der Waals surface area contributed by atoms with Gasteiger partial charge in [-0.25, -0.2) is 13.1 Å². The highest BCUT2D eigenvalue weighted by atomic mass is 32.2. The molecule has 3 N–H and O–H groups in total. The highest BCUT2D eigenvalue weighted by molar-refractivity contribution is 7.88. The smallest absolute Gasteiger partial charge is 0.209 e. The van der Waals surface area contributed by atoms with E-state index in [9.17, 15) is 8.42 Å². The number of guanidine groups is 1. The molecule has 2 bridgehead atoms. The Morgan fingerprint density at radius 1 is 1.24 bits per heavy atom. The lowest BCUT2D eigenvalue weighted by Gasteiger charge is -2.47. The summed E-state index contributed by atoms with van der Waals surface area (Å²) in [5, 5.41) is 6.87. The maximum Gasteiger partial charge on any atom is 0.209 e. The van der Waals surface area contributed by atoms with Gasteiger partial charge in [0.15, 0.2) is 5.96 Å². The van der Waals surface area contributed by atoms with Gasteiger partial charge in [0.05, 0.1) is 12.8 Å². The van der Waals surface area contributed by atoms with Gasteiger partial charge in [-0.3, -0.25) is 4.99 Å². The summed E-state index contributed by atoms with van der Waals surface area (Å²) < 4.78 is 25.6. The van der Waals surface area contributed by atoms with E-state index in [4.69, 9.17) is 0 Å². The Hall–Kier alpha value is -0.860. The van der Waals surface area contributed by atoms with E-state index in [0.717, 1.165) is 25.3 Å². The molecule has 2 rings (SSSR count). The van der Waals surface area contributed by atoms with Crippen LogP contribution < -0.4 is 15.4 Å². The van der Waals surface area contributed by atoms with Crippen molar-refractivity contribution in [3.05, 3.63) is 0 Å². The van der Waals surface area contributed by atoms with Gasteiger partial charge in [0.2, 0.25) is 10.0 Å². The quantitative estimate of drug-likeness (QED) is 0.475. The lowest BCUT2D eigenvalue weighted by molar-refractivity contribution is 0.0526. The number of sulfonamides is 1. The first-order valence-corrected chi connectivity index (χ1v) is 11.2. The number of rotatable bonds is 6. The predicted octanol–water partition coefficient (Wildman–Crippen LogP) is 0.885. The Balaban J connectivity index is 1.98. The highest BCUT2D eigenvalue weighted by Gasteiger charge is 2.36. The lowest BCUT2D eigenvalue weighted by Crippen LogP contribution is -2.57. The second-order valence-electron chi connectivity index (χ2n) is 8.17. The van der Waals surface area contributed by atoms with E-state index in [1.807, 2.05) is 20.8 Å². The standard InChI is InChI=1S/C17H35N5O2S/c1-6-18-16(19-12-17(2,3)21-25(5,23)24)20-13-10-14-8-7-9-15(11-13)22(14)4/h13-15,21H,6-12H2,1-5H3,(H2,18,19,20). The van der Waals surface area contributed by atoms with Gasteiger partial charge in [-0.15, -0.1) is 0 Å². The molecule has 0 aromatic heterocycles. The number of piperidine rings is 2. The predicted molar refractivity (Wildman–Crippen MR) is 103 cm³/mol. The third-order valence-corrected chi connectivity index (χ3v) is 6.04. The molecule has 2 aliphatic rings. The van der Waals surface area contributed by atoms with E-state index >= 15 is 0 Å². The fourth-order valence-electron chi connectivity index (χ4n) is 4.06. The number of hydrogen-bond acceptors (Lipinski definition) is 4. The number of aliphatic imine (C=N–C) groups is 1. The summed E-state index contributed by atoms with van der Waals surface area (Å²) in [6.07, 6.45) is 7.37. The number of fused-ring (bicyclic) bond motifs is 2. The molecular formula is C17H35N5O2S. The van der Waals surface area contributed by atoms with E-state index in [0.29, 0.717) is 24.7 Å². The molecule has 0 amide bonds. The minimum absolute atomic E-state index is 0.384. The second kappa shape index (κ2) is 8.22. The molecule has 2 unspecified atom stereocenters. The Bertz CT molecular complexity index is 562. The number of nitrogens with zero attached hydrogens (tertiary/aromatic N) is 2. The van der Waals surface area contributed by atoms with Crippen LogP contribution in [0.4, 0.5) is 0 Å². The Morgan fingerprint density at radius 2 is 1.84 bits per heavy atom. The fourth-order valence-corrected chi connectivity index (χ4v) is 5.13. The molecule has 2 aliphatic heterocycles. The number of hydrogen-bond donors (Lipinski definition) is 3. The van der Waals surface area contributed by atoms with E-state index < -0.39 is 15.6 Å². The molecule has 2 heterocycles. The van der Waals surface area contributed by atoms with Crippen LogP contribution in [0.15, 0.2) is 4.99 Å². The first-order chi connectivity index (χ1) is 11.6. The van der Waals surface area contributed by atoms with Gasteiger partial charge in [0.25, 0.3) is 0 Å². The lowest BCUT2D eigenvalue weighted by atomic mass is 9.82. The molecule has 0 saturated carbocycles. The molecule has 7 nitrogen and oxygen atoms in total. The van der Waals surface area contributed by atoms with Crippen molar-refractivity contribution in [2.24, 2.45) is 4.99 Å². The van der Waals surface area contributed by atoms with Crippen LogP contribution in [0.1, 0.15) is 52.9 Å². The summed E-state index contributed by atoms with van der Waals surface area (Å²) in [4.78, 5) is 7.18. The summed E-state index contributed by atoms with van der Waals surface area (Å²) >= 11 is 0. The SMILES string of the molecule is CCNC(=NCC(C)(C)NS(C)(=O)=O)NC1CC2CCCC(C1)N2C. The van der Waals surface area contributed by atoms with Crippen LogP contribution in [0.2, 0.25) is 0 Å². The minimum atomic E-state index is -3.25. The fraction of sp³-hybridized carbons (Fsp3) is 0.941. The average Bonchev–Trinajstić information content (AvgIpc) is 2.43. The zero-order chi connectivity index (χ0) is 18.7. The summed E-state index contributed by atoms with van der Waals surface area (Å²) in [6, 6.07) is 1.75. The van der Waals surface area contributed by atoms with Crippen LogP contribution in [0.5, 0.6) is 0 Å². The first kappa shape index (κ1) is 20.5. The Morgan fingerprint density at radius 3 is 2.36 bits per heavy atom. The molecule has 25 heavy (non-hydrogen) atoms. The largest absolute Gasteiger partial charge is 0.357 e. The molecule has 2 fully saturated rings. The summed E-state index contributed by atoms with van der Waals surface area (Å²) in [5.74, 6) is 0.776. The molecule has 0 spiro atoms. The Labute approximate surface area is 153 Å². The monoisotopic (exact) mass is 373 g/mol. The van der Waals surface area contributed by atoms with E-state index in [2.05, 4.69) is 32.3 Å². The van der Waals surface area contributed by atoms with Crippen LogP contribution in [0.25, 0.3) is 0 Å². The van der Waals surface area contributed by atoms with Crippen LogP contribution in [-0.2, 0) is 10.0 Å². The molecule has 0 radical (unpaired) electrons. The van der Waals surface area contributed by atoms with Gasteiger partial charge >= 0.3 is 0 Å². The van der Waals surface area contributed by atoms with Crippen molar-refractivity contribution in [2.75, 3.05) is 26.4 Å². The zero-order valence-corrected chi connectivity index (χ0v) is 17.1. The van der Waals surface area contributed by atoms with Gasteiger partial charge < -0.3 is 15.5 Å². The topological polar surface area (TPSA) is 85.8 Å². The van der Waals surface area contributed by atoms with E-state index in [1.165, 1.54) is 25.5 Å². The van der Waals surface area contributed by atoms with E-state index in [1.54, 1.807) is 0 Å². The third-order valence-electron chi connectivity index (χ3n) is 5.12. The van der Waals surface area contributed by atoms with Crippen molar-refractivity contribution in [1.82, 2.24) is 20.3 Å². The highest BCUT2D eigenvalue weighted by Crippen LogP contribution is 2.32. The van der Waals surface area contributed by atoms with Crippen molar-refractivity contribution in [2.45, 2.75) is 76.5 Å². The molecular weight excluding hydrogens is 338 g/mol. The molecule has 0 aromatic carbocycles. The van der Waals surface area contributed by atoms with Crippen molar-refractivity contribution < 1.29 is 8.42 Å². The minimum Gasteiger partial charge on any atom is -0.357 e. The van der Waals surface area contributed by atoms with Crippen molar-refractivity contribution in [1.29, 1.82) is 0 Å². The van der Waals surface area contributed by atoms with Gasteiger partial charge in [0.1, 0.15) is 0 Å². The van der Waals surface area contributed by atoms with Gasteiger partial charge in [-0.2, -0.15) is 0 Å². The van der Waals surface area contributed by atoms with Gasteiger partial charge in [-0.1, -0.05) is 6.42 Å². The molecule has 2 saturated heterocycles. The van der Waals surface area contributed by atoms with Crippen molar-refractivity contribution >= 4 is 16.0 Å². The normalized spacial score (nSPS) is 28.7. The number of nitrogens with one attached hydrogen (secondary N) is 3. The molecule has 8 heteroatoms. The maximum absolute atomic E-state index is 11.5. The van der Waals surface area contributed by atoms with Crippen molar-refractivity contribution in [3.8, 4) is 0 Å². The van der Waals surface area contributed by atoms with Crippen LogP contribution >= 0.6 is 0 Å². The zero-order valence-electron chi connectivity index (χ0n) is 16.3. The maximum atomic E-state index is 11.5. The molecule has 0 aromatic rings. The molecule has 146 valence electrons. The third kappa shape index (κ3) is 6.42. The second-order valence-corrected chi connectivity index (χ2v) is 9.92. The Kier molecular flexibility index (Phi) is 6.73. The van der Waals surface area contributed by atoms with Crippen LogP contribution in [-0.4, -0.2) is 69.3 Å². The molecule has 0 aliphatic carbocycles. The summed E-state index contributed by atoms with van der Waals surface area (Å²) in [6.45, 7) is 6.91. The van der Waals surface area contributed by atoms with Crippen LogP contribution in [0, 0.1) is 0 Å². The first-order valence-electron chi connectivity index (χ1n) is 9.35. The van der Waals surface area contributed by atoms with Crippen molar-refractivity contribution in [3.63, 3.8) is 0 Å². The van der Waals surface area contributed by atoms with E-state index in [-0.39, 0.29) is 0 Å². The average molecular weight is 374 g/mol. The van der Waals surface area contributed by atoms with Gasteiger partial charge in [0, 0.05) is 30.2 Å². The molecule has 2 atom stereocenters. The summed E-state index contributed by atoms with van der Waals surface area (Å²) in [7, 11) is -0.998. The van der Waals surface area contributed by atoms with Gasteiger partial charge in [-0.05, 0) is 53.5 Å².